The van der Waals surface area contributed by atoms with Crippen LogP contribution >= 0.6 is 0 Å². The lowest BCUT2D eigenvalue weighted by Gasteiger charge is -2.17. The summed E-state index contributed by atoms with van der Waals surface area (Å²) in [6.45, 7) is -0.0369. The normalized spacial score (nSPS) is 12.0. The summed E-state index contributed by atoms with van der Waals surface area (Å²) in [6, 6.07) is 12.1. The van der Waals surface area contributed by atoms with Crippen LogP contribution in [0.1, 0.15) is 18.0 Å². The van der Waals surface area contributed by atoms with Gasteiger partial charge in [0.1, 0.15) is 12.4 Å². The molecule has 0 aliphatic heterocycles. The Morgan fingerprint density at radius 1 is 1.16 bits per heavy atom. The van der Waals surface area contributed by atoms with Crippen molar-refractivity contribution >= 4 is 22.8 Å². The molecule has 25 heavy (non-hydrogen) atoms. The quantitative estimate of drug-likeness (QED) is 0.721. The van der Waals surface area contributed by atoms with Gasteiger partial charge in [-0.2, -0.15) is 5.10 Å². The highest BCUT2D eigenvalue weighted by molar-refractivity contribution is 5.82. The first-order valence-electron chi connectivity index (χ1n) is 7.70. The first-order chi connectivity index (χ1) is 12.0. The summed E-state index contributed by atoms with van der Waals surface area (Å²) in [5.74, 6) is -1.85. The van der Waals surface area contributed by atoms with Crippen LogP contribution in [0.2, 0.25) is 0 Å². The van der Waals surface area contributed by atoms with Gasteiger partial charge in [-0.05, 0) is 23.8 Å². The molecule has 0 bridgehead atoms. The number of benzene rings is 2. The minimum Gasteiger partial charge on any atom is -0.481 e. The third-order valence-corrected chi connectivity index (χ3v) is 3.83. The van der Waals surface area contributed by atoms with Crippen molar-refractivity contribution in [2.45, 2.75) is 19.0 Å². The molecule has 0 radical (unpaired) electrons. The van der Waals surface area contributed by atoms with Crippen molar-refractivity contribution in [2.24, 2.45) is 0 Å². The molecular formula is C18H16FN3O3. The lowest BCUT2D eigenvalue weighted by molar-refractivity contribution is -0.137. The van der Waals surface area contributed by atoms with Gasteiger partial charge in [0.2, 0.25) is 5.91 Å². The number of amides is 1. The highest BCUT2D eigenvalue weighted by Gasteiger charge is 2.19. The summed E-state index contributed by atoms with van der Waals surface area (Å²) >= 11 is 0. The average Bonchev–Trinajstić information content (AvgIpc) is 2.98. The number of hydrogen-bond donors (Lipinski definition) is 2. The van der Waals surface area contributed by atoms with Crippen molar-refractivity contribution in [2.75, 3.05) is 0 Å². The molecule has 0 saturated heterocycles. The fourth-order valence-electron chi connectivity index (χ4n) is 2.65. The number of carboxylic acid groups (broad SMARTS) is 1. The topological polar surface area (TPSA) is 84.2 Å². The summed E-state index contributed by atoms with van der Waals surface area (Å²) in [6.07, 6.45) is 1.37. The maximum absolute atomic E-state index is 13.1. The molecule has 128 valence electrons. The summed E-state index contributed by atoms with van der Waals surface area (Å²) in [4.78, 5) is 23.4. The molecule has 1 atom stereocenters. The Balaban J connectivity index is 1.75. The van der Waals surface area contributed by atoms with Gasteiger partial charge >= 0.3 is 5.97 Å². The minimum atomic E-state index is -1.06. The van der Waals surface area contributed by atoms with Crippen LogP contribution < -0.4 is 5.32 Å². The van der Waals surface area contributed by atoms with Gasteiger partial charge in [-0.3, -0.25) is 14.3 Å². The molecule has 0 spiro atoms. The number of para-hydroxylation sites is 1. The highest BCUT2D eigenvalue weighted by Crippen LogP contribution is 2.18. The van der Waals surface area contributed by atoms with E-state index < -0.39 is 17.8 Å². The molecule has 1 heterocycles. The number of halogens is 1. The van der Waals surface area contributed by atoms with Crippen molar-refractivity contribution < 1.29 is 19.1 Å². The van der Waals surface area contributed by atoms with Gasteiger partial charge in [0.25, 0.3) is 0 Å². The first kappa shape index (κ1) is 16.6. The second kappa shape index (κ2) is 7.12. The van der Waals surface area contributed by atoms with Crippen molar-refractivity contribution in [1.29, 1.82) is 0 Å². The number of carboxylic acids is 1. The molecule has 7 heteroatoms. The van der Waals surface area contributed by atoms with Gasteiger partial charge in [-0.15, -0.1) is 0 Å². The number of aromatic nitrogens is 2. The fourth-order valence-corrected chi connectivity index (χ4v) is 2.65. The van der Waals surface area contributed by atoms with E-state index in [2.05, 4.69) is 10.4 Å². The van der Waals surface area contributed by atoms with Gasteiger partial charge in [-0.25, -0.2) is 4.39 Å². The van der Waals surface area contributed by atoms with Crippen molar-refractivity contribution in [3.05, 3.63) is 66.1 Å². The van der Waals surface area contributed by atoms with E-state index in [0.717, 1.165) is 10.9 Å². The molecule has 0 fully saturated rings. The molecule has 0 aliphatic carbocycles. The van der Waals surface area contributed by atoms with E-state index in [4.69, 9.17) is 5.11 Å². The SMILES string of the molecule is O=C(O)C[C@H](NC(=O)Cn1ncc2ccccc21)c1ccc(F)cc1. The zero-order valence-electron chi connectivity index (χ0n) is 13.2. The van der Waals surface area contributed by atoms with Crippen molar-refractivity contribution in [3.63, 3.8) is 0 Å². The van der Waals surface area contributed by atoms with Crippen LogP contribution in [-0.4, -0.2) is 26.8 Å². The molecular weight excluding hydrogens is 325 g/mol. The number of rotatable bonds is 6. The Hall–Kier alpha value is -3.22. The molecule has 2 aromatic carbocycles. The number of fused-ring (bicyclic) bond motifs is 1. The number of aliphatic carboxylic acids is 1. The summed E-state index contributed by atoms with van der Waals surface area (Å²) in [5.41, 5.74) is 1.34. The monoisotopic (exact) mass is 341 g/mol. The van der Waals surface area contributed by atoms with E-state index in [-0.39, 0.29) is 18.9 Å². The minimum absolute atomic E-state index is 0.0369. The van der Waals surface area contributed by atoms with E-state index in [1.165, 1.54) is 24.3 Å². The maximum atomic E-state index is 13.1. The largest absolute Gasteiger partial charge is 0.481 e. The van der Waals surface area contributed by atoms with Crippen LogP contribution in [0.3, 0.4) is 0 Å². The average molecular weight is 341 g/mol. The molecule has 2 N–H and O–H groups in total. The smallest absolute Gasteiger partial charge is 0.305 e. The zero-order chi connectivity index (χ0) is 17.8. The van der Waals surface area contributed by atoms with Gasteiger partial charge in [0.05, 0.1) is 24.2 Å². The molecule has 0 aliphatic rings. The van der Waals surface area contributed by atoms with Crippen molar-refractivity contribution in [3.8, 4) is 0 Å². The van der Waals surface area contributed by atoms with Crippen LogP contribution in [0.25, 0.3) is 10.9 Å². The highest BCUT2D eigenvalue weighted by atomic mass is 19.1. The zero-order valence-corrected chi connectivity index (χ0v) is 13.2. The predicted molar refractivity (Wildman–Crippen MR) is 89.3 cm³/mol. The van der Waals surface area contributed by atoms with E-state index in [1.807, 2.05) is 24.3 Å². The standard InChI is InChI=1S/C18H16FN3O3/c19-14-7-5-12(6-8-14)15(9-18(24)25)21-17(23)11-22-16-4-2-1-3-13(16)10-20-22/h1-8,10,15H,9,11H2,(H,21,23)(H,24,25)/t15-/m0/s1. The van der Waals surface area contributed by atoms with Gasteiger partial charge in [0, 0.05) is 5.39 Å². The maximum Gasteiger partial charge on any atom is 0.305 e. The lowest BCUT2D eigenvalue weighted by atomic mass is 10.0. The molecule has 6 nitrogen and oxygen atoms in total. The Kier molecular flexibility index (Phi) is 4.74. The van der Waals surface area contributed by atoms with E-state index in [0.29, 0.717) is 5.56 Å². The number of carbonyl (C=O) groups is 2. The van der Waals surface area contributed by atoms with Crippen LogP contribution in [0.4, 0.5) is 4.39 Å². The van der Waals surface area contributed by atoms with E-state index in [1.54, 1.807) is 10.9 Å². The Morgan fingerprint density at radius 3 is 2.60 bits per heavy atom. The summed E-state index contributed by atoms with van der Waals surface area (Å²) in [5, 5.41) is 16.8. The number of nitrogens with one attached hydrogen (secondary N) is 1. The predicted octanol–water partition coefficient (Wildman–Crippen LogP) is 2.51. The molecule has 3 rings (SSSR count). The Labute approximate surface area is 142 Å². The first-order valence-corrected chi connectivity index (χ1v) is 7.70. The van der Waals surface area contributed by atoms with Crippen LogP contribution in [-0.2, 0) is 16.1 Å². The van der Waals surface area contributed by atoms with E-state index in [9.17, 15) is 14.0 Å². The van der Waals surface area contributed by atoms with Crippen LogP contribution in [0.15, 0.2) is 54.7 Å². The lowest BCUT2D eigenvalue weighted by Crippen LogP contribution is -2.33. The van der Waals surface area contributed by atoms with Gasteiger partial charge in [0.15, 0.2) is 0 Å². The van der Waals surface area contributed by atoms with Crippen LogP contribution in [0.5, 0.6) is 0 Å². The number of hydrogen-bond acceptors (Lipinski definition) is 3. The second-order valence-electron chi connectivity index (χ2n) is 5.63. The van der Waals surface area contributed by atoms with E-state index >= 15 is 0 Å². The third kappa shape index (κ3) is 4.00. The summed E-state index contributed by atoms with van der Waals surface area (Å²) < 4.78 is 14.6. The molecule has 3 aromatic rings. The van der Waals surface area contributed by atoms with Gasteiger partial charge < -0.3 is 10.4 Å². The third-order valence-electron chi connectivity index (χ3n) is 3.83. The second-order valence-corrected chi connectivity index (χ2v) is 5.63. The number of nitrogens with zero attached hydrogens (tertiary/aromatic N) is 2. The molecule has 0 unspecified atom stereocenters. The van der Waals surface area contributed by atoms with Gasteiger partial charge in [-0.1, -0.05) is 30.3 Å². The van der Waals surface area contributed by atoms with Crippen molar-refractivity contribution in [1.82, 2.24) is 15.1 Å². The molecule has 0 saturated carbocycles. The fraction of sp³-hybridized carbons (Fsp3) is 0.167. The Bertz CT molecular complexity index is 905. The molecule has 1 aromatic heterocycles. The number of carbonyl (C=O) groups excluding carboxylic acids is 1. The summed E-state index contributed by atoms with van der Waals surface area (Å²) in [7, 11) is 0. The Morgan fingerprint density at radius 2 is 1.88 bits per heavy atom. The molecule has 1 amide bonds. The van der Waals surface area contributed by atoms with Crippen LogP contribution in [0, 0.1) is 5.82 Å².